The lowest BCUT2D eigenvalue weighted by molar-refractivity contribution is -0.137. The van der Waals surface area contributed by atoms with Gasteiger partial charge >= 0.3 is 5.97 Å². The summed E-state index contributed by atoms with van der Waals surface area (Å²) >= 11 is 1.50. The van der Waals surface area contributed by atoms with E-state index in [0.29, 0.717) is 12.2 Å². The highest BCUT2D eigenvalue weighted by Crippen LogP contribution is 2.18. The molecule has 0 saturated heterocycles. The second-order valence-electron chi connectivity index (χ2n) is 3.77. The van der Waals surface area contributed by atoms with E-state index < -0.39 is 12.0 Å². The summed E-state index contributed by atoms with van der Waals surface area (Å²) in [5.41, 5.74) is 5.37. The van der Waals surface area contributed by atoms with Crippen molar-refractivity contribution in [1.82, 2.24) is 0 Å². The van der Waals surface area contributed by atoms with Crippen molar-refractivity contribution >= 4 is 17.7 Å². The van der Waals surface area contributed by atoms with Crippen LogP contribution in [0.3, 0.4) is 0 Å². The van der Waals surface area contributed by atoms with Crippen LogP contribution in [0.4, 0.5) is 0 Å². The molecule has 0 bridgehead atoms. The van der Waals surface area contributed by atoms with Crippen molar-refractivity contribution in [2.75, 3.05) is 5.75 Å². The third kappa shape index (κ3) is 7.64. The van der Waals surface area contributed by atoms with Crippen LogP contribution in [0.15, 0.2) is 0 Å². The number of carbonyl (C=O) groups is 1. The molecular formula is C10H21NO3S. The van der Waals surface area contributed by atoms with Gasteiger partial charge in [0.15, 0.2) is 0 Å². The van der Waals surface area contributed by atoms with E-state index in [1.54, 1.807) is 0 Å². The number of nitrogens with two attached hydrogens (primary N) is 1. The van der Waals surface area contributed by atoms with E-state index in [2.05, 4.69) is 0 Å². The molecule has 15 heavy (non-hydrogen) atoms. The Balaban J connectivity index is 3.65. The van der Waals surface area contributed by atoms with Crippen LogP contribution in [0.2, 0.25) is 0 Å². The molecule has 0 amide bonds. The number of aliphatic carboxylic acids is 1. The standard InChI is InChI=1S/C10H21NO3S/c1-3-4-8(12)5-7(2)15-6-9(11)10(13)14/h7-9,12H,3-6,11H2,1-2H3,(H,13,14)/t7?,8?,9-/m0/s1. The average Bonchev–Trinajstić information content (AvgIpc) is 2.14. The zero-order valence-electron chi connectivity index (χ0n) is 9.35. The smallest absolute Gasteiger partial charge is 0.321 e. The number of hydrogen-bond donors (Lipinski definition) is 3. The fourth-order valence-corrected chi connectivity index (χ4v) is 2.28. The minimum Gasteiger partial charge on any atom is -0.480 e. The Hall–Kier alpha value is -0.260. The van der Waals surface area contributed by atoms with Crippen molar-refractivity contribution in [2.24, 2.45) is 5.73 Å². The van der Waals surface area contributed by atoms with Gasteiger partial charge in [-0.05, 0) is 12.8 Å². The molecule has 0 spiro atoms. The van der Waals surface area contributed by atoms with Gasteiger partial charge in [-0.2, -0.15) is 11.8 Å². The Labute approximate surface area is 95.2 Å². The molecule has 0 rings (SSSR count). The van der Waals surface area contributed by atoms with Crippen LogP contribution in [-0.2, 0) is 4.79 Å². The molecule has 0 aliphatic carbocycles. The first-order valence-corrected chi connectivity index (χ1v) is 6.30. The summed E-state index contributed by atoms with van der Waals surface area (Å²) in [6.45, 7) is 4.01. The number of hydrogen-bond acceptors (Lipinski definition) is 4. The van der Waals surface area contributed by atoms with Gasteiger partial charge in [-0.3, -0.25) is 4.79 Å². The van der Waals surface area contributed by atoms with Gasteiger partial charge in [0.25, 0.3) is 0 Å². The molecule has 90 valence electrons. The second kappa shape index (κ2) is 7.96. The van der Waals surface area contributed by atoms with Crippen LogP contribution < -0.4 is 5.73 Å². The number of carboxylic acid groups (broad SMARTS) is 1. The number of carboxylic acids is 1. The molecule has 0 aliphatic heterocycles. The summed E-state index contributed by atoms with van der Waals surface area (Å²) in [6, 6.07) is -0.805. The number of thioether (sulfide) groups is 1. The molecule has 0 aromatic carbocycles. The molecule has 0 aromatic heterocycles. The molecule has 4 nitrogen and oxygen atoms in total. The van der Waals surface area contributed by atoms with Gasteiger partial charge in [-0.15, -0.1) is 0 Å². The molecule has 3 atom stereocenters. The molecule has 0 radical (unpaired) electrons. The summed E-state index contributed by atoms with van der Waals surface area (Å²) < 4.78 is 0. The van der Waals surface area contributed by atoms with Crippen LogP contribution in [0.25, 0.3) is 0 Å². The van der Waals surface area contributed by atoms with Crippen LogP contribution in [0.5, 0.6) is 0 Å². The predicted molar refractivity (Wildman–Crippen MR) is 63.1 cm³/mol. The molecule has 0 saturated carbocycles. The third-order valence-corrected chi connectivity index (χ3v) is 3.42. The van der Waals surface area contributed by atoms with Crippen molar-refractivity contribution in [3.05, 3.63) is 0 Å². The molecule has 4 N–H and O–H groups in total. The largest absolute Gasteiger partial charge is 0.480 e. The highest BCUT2D eigenvalue weighted by molar-refractivity contribution is 7.99. The van der Waals surface area contributed by atoms with Gasteiger partial charge in [0.05, 0.1) is 6.10 Å². The summed E-state index contributed by atoms with van der Waals surface area (Å²) in [6.07, 6.45) is 2.19. The normalized spacial score (nSPS) is 17.1. The van der Waals surface area contributed by atoms with Gasteiger partial charge in [0, 0.05) is 11.0 Å². The summed E-state index contributed by atoms with van der Waals surface area (Å²) in [5, 5.41) is 18.4. The SMILES string of the molecule is CCCC(O)CC(C)SC[C@H](N)C(=O)O. The van der Waals surface area contributed by atoms with Crippen molar-refractivity contribution in [3.8, 4) is 0 Å². The highest BCUT2D eigenvalue weighted by atomic mass is 32.2. The van der Waals surface area contributed by atoms with Crippen LogP contribution in [0, 0.1) is 0 Å². The minimum atomic E-state index is -0.969. The maximum absolute atomic E-state index is 10.4. The molecule has 0 aromatic rings. The van der Waals surface area contributed by atoms with Crippen LogP contribution in [0.1, 0.15) is 33.1 Å². The minimum absolute atomic E-state index is 0.247. The topological polar surface area (TPSA) is 83.5 Å². The quantitative estimate of drug-likeness (QED) is 0.586. The fraction of sp³-hybridized carbons (Fsp3) is 0.900. The lowest BCUT2D eigenvalue weighted by Gasteiger charge is -2.16. The van der Waals surface area contributed by atoms with Crippen molar-refractivity contribution in [3.63, 3.8) is 0 Å². The Kier molecular flexibility index (Phi) is 7.82. The van der Waals surface area contributed by atoms with Crippen LogP contribution in [-0.4, -0.2) is 39.3 Å². The van der Waals surface area contributed by atoms with E-state index in [1.165, 1.54) is 11.8 Å². The molecule has 5 heteroatoms. The zero-order chi connectivity index (χ0) is 11.8. The zero-order valence-corrected chi connectivity index (χ0v) is 10.2. The number of aliphatic hydroxyl groups is 1. The number of rotatable bonds is 8. The molecule has 0 heterocycles. The van der Waals surface area contributed by atoms with Crippen LogP contribution >= 0.6 is 11.8 Å². The Bertz CT molecular complexity index is 190. The average molecular weight is 235 g/mol. The van der Waals surface area contributed by atoms with Gasteiger partial charge in [0.1, 0.15) is 6.04 Å². The monoisotopic (exact) mass is 235 g/mol. The van der Waals surface area contributed by atoms with E-state index in [0.717, 1.165) is 12.8 Å². The Morgan fingerprint density at radius 2 is 2.13 bits per heavy atom. The first-order valence-electron chi connectivity index (χ1n) is 5.25. The van der Waals surface area contributed by atoms with E-state index >= 15 is 0 Å². The lowest BCUT2D eigenvalue weighted by Crippen LogP contribution is -2.33. The maximum Gasteiger partial charge on any atom is 0.321 e. The van der Waals surface area contributed by atoms with Crippen molar-refractivity contribution in [1.29, 1.82) is 0 Å². The van der Waals surface area contributed by atoms with Crippen molar-refractivity contribution in [2.45, 2.75) is 50.5 Å². The lowest BCUT2D eigenvalue weighted by atomic mass is 10.1. The van der Waals surface area contributed by atoms with E-state index in [1.807, 2.05) is 13.8 Å². The van der Waals surface area contributed by atoms with E-state index in [9.17, 15) is 9.90 Å². The fourth-order valence-electron chi connectivity index (χ4n) is 1.24. The maximum atomic E-state index is 10.4. The summed E-state index contributed by atoms with van der Waals surface area (Å²) in [7, 11) is 0. The molecule has 0 fully saturated rings. The Morgan fingerprint density at radius 3 is 2.60 bits per heavy atom. The van der Waals surface area contributed by atoms with E-state index in [4.69, 9.17) is 10.8 Å². The highest BCUT2D eigenvalue weighted by Gasteiger charge is 2.15. The predicted octanol–water partition coefficient (Wildman–Crippen LogP) is 1.07. The Morgan fingerprint density at radius 1 is 1.53 bits per heavy atom. The molecular weight excluding hydrogens is 214 g/mol. The van der Waals surface area contributed by atoms with Gasteiger partial charge in [-0.1, -0.05) is 20.3 Å². The van der Waals surface area contributed by atoms with Gasteiger partial charge in [-0.25, -0.2) is 0 Å². The summed E-state index contributed by atoms with van der Waals surface area (Å²) in [4.78, 5) is 10.4. The molecule has 0 aliphatic rings. The second-order valence-corrected chi connectivity index (χ2v) is 5.24. The summed E-state index contributed by atoms with van der Waals surface area (Å²) in [5.74, 6) is -0.571. The number of aliphatic hydroxyl groups excluding tert-OH is 1. The van der Waals surface area contributed by atoms with Crippen molar-refractivity contribution < 1.29 is 15.0 Å². The van der Waals surface area contributed by atoms with Gasteiger partial charge in [0.2, 0.25) is 0 Å². The first kappa shape index (κ1) is 14.7. The molecule has 2 unspecified atom stereocenters. The van der Waals surface area contributed by atoms with Gasteiger partial charge < -0.3 is 15.9 Å². The first-order chi connectivity index (χ1) is 6.97. The van der Waals surface area contributed by atoms with E-state index in [-0.39, 0.29) is 11.4 Å². The third-order valence-electron chi connectivity index (χ3n) is 2.10.